The number of nitrogens with one attached hydrogen (secondary N) is 1. The highest BCUT2D eigenvalue weighted by atomic mass is 32.2. The van der Waals surface area contributed by atoms with Gasteiger partial charge >= 0.3 is 5.97 Å². The molecule has 1 aliphatic carbocycles. The minimum atomic E-state index is -1.06. The van der Waals surface area contributed by atoms with Crippen molar-refractivity contribution < 1.29 is 29.0 Å². The Balaban J connectivity index is 1.73. The molecule has 1 saturated carbocycles. The Morgan fingerprint density at radius 1 is 1.31 bits per heavy atom. The van der Waals surface area contributed by atoms with Crippen molar-refractivity contribution in [3.63, 3.8) is 0 Å². The molecule has 0 radical (unpaired) electrons. The van der Waals surface area contributed by atoms with Crippen molar-refractivity contribution >= 4 is 52.2 Å². The molecular weight excluding hydrogens is 452 g/mol. The highest BCUT2D eigenvalue weighted by Gasteiger charge is 2.35. The van der Waals surface area contributed by atoms with E-state index in [-0.39, 0.29) is 22.1 Å². The normalized spacial score (nSPS) is 19.2. The molecule has 8 nitrogen and oxygen atoms in total. The molecule has 32 heavy (non-hydrogen) atoms. The molecule has 1 aromatic carbocycles. The molecule has 3 rings (SSSR count). The highest BCUT2D eigenvalue weighted by Crippen LogP contribution is 2.35. The van der Waals surface area contributed by atoms with Crippen LogP contribution in [0.5, 0.6) is 11.5 Å². The minimum absolute atomic E-state index is 0.0908. The molecule has 0 spiro atoms. The number of ether oxygens (including phenoxy) is 2. The predicted molar refractivity (Wildman–Crippen MR) is 125 cm³/mol. The number of hydrogen-bond donors (Lipinski definition) is 2. The lowest BCUT2D eigenvalue weighted by atomic mass is 9.89. The molecule has 2 N–H and O–H groups in total. The van der Waals surface area contributed by atoms with Crippen molar-refractivity contribution in [3.05, 3.63) is 28.7 Å². The number of nitrogens with zero attached hydrogens (tertiary/aromatic N) is 1. The SMILES string of the molecule is CCC(Oc1ccc(/C=C2/SC(=S)N(NC(=O)C3CCCCC3)C2=O)cc1OC)C(=O)O. The summed E-state index contributed by atoms with van der Waals surface area (Å²) in [5, 5.41) is 10.3. The molecule has 0 bridgehead atoms. The number of carboxylic acids is 1. The molecule has 172 valence electrons. The van der Waals surface area contributed by atoms with Crippen LogP contribution in [0.25, 0.3) is 6.08 Å². The topological polar surface area (TPSA) is 105 Å². The lowest BCUT2D eigenvalue weighted by Crippen LogP contribution is -2.47. The fourth-order valence-corrected chi connectivity index (χ4v) is 4.79. The van der Waals surface area contributed by atoms with Gasteiger partial charge in [0, 0.05) is 5.92 Å². The van der Waals surface area contributed by atoms with E-state index in [1.165, 1.54) is 7.11 Å². The molecule has 1 unspecified atom stereocenters. The standard InChI is InChI=1S/C22H26N2O6S2/c1-3-15(21(27)28)30-16-10-9-13(11-17(16)29-2)12-18-20(26)24(22(31)32-18)23-19(25)14-7-5-4-6-8-14/h9-12,14-15H,3-8H2,1-2H3,(H,23,25)(H,27,28)/b18-12+. The van der Waals surface area contributed by atoms with Gasteiger partial charge in [-0.3, -0.25) is 15.0 Å². The summed E-state index contributed by atoms with van der Waals surface area (Å²) in [5.41, 5.74) is 3.33. The lowest BCUT2D eigenvalue weighted by molar-refractivity contribution is -0.145. The third kappa shape index (κ3) is 5.60. The second-order valence-electron chi connectivity index (χ2n) is 7.59. The van der Waals surface area contributed by atoms with Crippen molar-refractivity contribution in [1.29, 1.82) is 0 Å². The Morgan fingerprint density at radius 2 is 2.03 bits per heavy atom. The first-order chi connectivity index (χ1) is 15.3. The maximum absolute atomic E-state index is 12.8. The monoisotopic (exact) mass is 478 g/mol. The van der Waals surface area contributed by atoms with Gasteiger partial charge < -0.3 is 14.6 Å². The molecule has 10 heteroatoms. The van der Waals surface area contributed by atoms with Gasteiger partial charge in [0.05, 0.1) is 12.0 Å². The number of aliphatic carboxylic acids is 1. The third-order valence-corrected chi connectivity index (χ3v) is 6.69. The summed E-state index contributed by atoms with van der Waals surface area (Å²) in [7, 11) is 1.45. The molecule has 1 aliphatic heterocycles. The largest absolute Gasteiger partial charge is 0.493 e. The number of carboxylic acid groups (broad SMARTS) is 1. The van der Waals surface area contributed by atoms with Crippen LogP contribution in [0.1, 0.15) is 51.0 Å². The Morgan fingerprint density at radius 3 is 2.66 bits per heavy atom. The van der Waals surface area contributed by atoms with Gasteiger partial charge in [0.15, 0.2) is 21.9 Å². The molecular formula is C22H26N2O6S2. The van der Waals surface area contributed by atoms with Crippen LogP contribution in [0.3, 0.4) is 0 Å². The van der Waals surface area contributed by atoms with Gasteiger partial charge in [-0.2, -0.15) is 5.01 Å². The number of thioether (sulfide) groups is 1. The summed E-state index contributed by atoms with van der Waals surface area (Å²) >= 11 is 6.40. The number of carbonyl (C=O) groups is 3. The smallest absolute Gasteiger partial charge is 0.344 e. The minimum Gasteiger partial charge on any atom is -0.493 e. The van der Waals surface area contributed by atoms with Crippen molar-refractivity contribution in [2.24, 2.45) is 5.92 Å². The van der Waals surface area contributed by atoms with Crippen molar-refractivity contribution in [2.45, 2.75) is 51.6 Å². The highest BCUT2D eigenvalue weighted by molar-refractivity contribution is 8.26. The van der Waals surface area contributed by atoms with Crippen molar-refractivity contribution in [1.82, 2.24) is 10.4 Å². The predicted octanol–water partition coefficient (Wildman–Crippen LogP) is 3.75. The number of hydrazine groups is 1. The van der Waals surface area contributed by atoms with E-state index >= 15 is 0 Å². The zero-order valence-electron chi connectivity index (χ0n) is 18.0. The van der Waals surface area contributed by atoms with E-state index in [4.69, 9.17) is 21.7 Å². The van der Waals surface area contributed by atoms with Gasteiger partial charge in [0.2, 0.25) is 5.91 Å². The number of amides is 2. The number of hydrogen-bond acceptors (Lipinski definition) is 7. The van der Waals surface area contributed by atoms with Crippen LogP contribution in [0, 0.1) is 5.92 Å². The zero-order chi connectivity index (χ0) is 23.3. The van der Waals surface area contributed by atoms with Gasteiger partial charge in [-0.25, -0.2) is 4.79 Å². The number of benzene rings is 1. The molecule has 1 heterocycles. The van der Waals surface area contributed by atoms with Crippen LogP contribution in [0.4, 0.5) is 0 Å². The first kappa shape index (κ1) is 24.1. The van der Waals surface area contributed by atoms with Crippen LogP contribution < -0.4 is 14.9 Å². The Kier molecular flexibility index (Phi) is 8.14. The molecule has 2 fully saturated rings. The maximum atomic E-state index is 12.8. The van der Waals surface area contributed by atoms with E-state index in [9.17, 15) is 19.5 Å². The molecule has 1 aromatic rings. The number of thiocarbonyl (C=S) groups is 1. The van der Waals surface area contributed by atoms with Crippen molar-refractivity contribution in [2.75, 3.05) is 7.11 Å². The van der Waals surface area contributed by atoms with Crippen LogP contribution in [0.15, 0.2) is 23.1 Å². The summed E-state index contributed by atoms with van der Waals surface area (Å²) in [4.78, 5) is 37.0. The van der Waals surface area contributed by atoms with E-state index < -0.39 is 12.1 Å². The van der Waals surface area contributed by atoms with E-state index in [0.717, 1.165) is 48.9 Å². The first-order valence-electron chi connectivity index (χ1n) is 10.5. The lowest BCUT2D eigenvalue weighted by Gasteiger charge is -2.23. The fourth-order valence-electron chi connectivity index (χ4n) is 3.61. The van der Waals surface area contributed by atoms with E-state index in [1.807, 2.05) is 0 Å². The first-order valence-corrected chi connectivity index (χ1v) is 11.7. The Hall–Kier alpha value is -2.59. The fraction of sp³-hybridized carbons (Fsp3) is 0.455. The van der Waals surface area contributed by atoms with E-state index in [0.29, 0.717) is 28.4 Å². The van der Waals surface area contributed by atoms with Gasteiger partial charge in [-0.1, -0.05) is 44.0 Å². The van der Waals surface area contributed by atoms with Crippen LogP contribution in [0.2, 0.25) is 0 Å². The van der Waals surface area contributed by atoms with E-state index in [2.05, 4.69) is 5.43 Å². The zero-order valence-corrected chi connectivity index (χ0v) is 19.6. The molecule has 2 amide bonds. The molecule has 1 atom stereocenters. The number of carbonyl (C=O) groups excluding carboxylic acids is 2. The maximum Gasteiger partial charge on any atom is 0.344 e. The summed E-state index contributed by atoms with van der Waals surface area (Å²) < 4.78 is 11.1. The Bertz CT molecular complexity index is 942. The van der Waals surface area contributed by atoms with Crippen molar-refractivity contribution in [3.8, 4) is 11.5 Å². The summed E-state index contributed by atoms with van der Waals surface area (Å²) in [6, 6.07) is 4.94. The van der Waals surface area contributed by atoms with Gasteiger partial charge in [-0.05, 0) is 55.3 Å². The Labute approximate surface area is 196 Å². The van der Waals surface area contributed by atoms with Gasteiger partial charge in [-0.15, -0.1) is 0 Å². The summed E-state index contributed by atoms with van der Waals surface area (Å²) in [5.74, 6) is -1.06. The average molecular weight is 479 g/mol. The number of methoxy groups -OCH3 is 1. The second kappa shape index (κ2) is 10.8. The van der Waals surface area contributed by atoms with Crippen LogP contribution >= 0.6 is 24.0 Å². The molecule has 0 aromatic heterocycles. The van der Waals surface area contributed by atoms with Crippen LogP contribution in [-0.4, -0.2) is 45.4 Å². The third-order valence-electron chi connectivity index (χ3n) is 5.39. The average Bonchev–Trinajstić information content (AvgIpc) is 3.05. The molecule has 1 saturated heterocycles. The number of rotatable bonds is 8. The van der Waals surface area contributed by atoms with E-state index in [1.54, 1.807) is 31.2 Å². The molecule has 2 aliphatic rings. The van der Waals surface area contributed by atoms with Gasteiger partial charge in [0.25, 0.3) is 5.91 Å². The van der Waals surface area contributed by atoms with Gasteiger partial charge in [0.1, 0.15) is 0 Å². The second-order valence-corrected chi connectivity index (χ2v) is 9.27. The van der Waals surface area contributed by atoms with Crippen LogP contribution in [-0.2, 0) is 14.4 Å². The quantitative estimate of drug-likeness (QED) is 0.430. The summed E-state index contributed by atoms with van der Waals surface area (Å²) in [6.07, 6.45) is 5.78. The summed E-state index contributed by atoms with van der Waals surface area (Å²) in [6.45, 7) is 1.72.